The Kier molecular flexibility index (Phi) is 5.25. The van der Waals surface area contributed by atoms with Crippen LogP contribution in [0, 0.1) is 0 Å². The molecule has 0 bridgehead atoms. The molecule has 0 aliphatic rings. The van der Waals surface area contributed by atoms with Gasteiger partial charge in [0, 0.05) is 11.8 Å². The Balaban J connectivity index is 1.95. The summed E-state index contributed by atoms with van der Waals surface area (Å²) in [6.45, 7) is 1.92. The molecule has 0 spiro atoms. The second kappa shape index (κ2) is 7.36. The normalized spacial score (nSPS) is 11.4. The summed E-state index contributed by atoms with van der Waals surface area (Å²) in [6.07, 6.45) is 0. The van der Waals surface area contributed by atoms with Crippen LogP contribution in [-0.4, -0.2) is 20.3 Å². The highest BCUT2D eigenvalue weighted by molar-refractivity contribution is 5.89. The predicted molar refractivity (Wildman–Crippen MR) is 86.6 cm³/mol. The van der Waals surface area contributed by atoms with E-state index in [1.807, 2.05) is 43.3 Å². The van der Waals surface area contributed by atoms with E-state index >= 15 is 0 Å². The summed E-state index contributed by atoms with van der Waals surface area (Å²) in [6, 6.07) is 14.4. The van der Waals surface area contributed by atoms with Crippen LogP contribution < -0.4 is 20.1 Å². The quantitative estimate of drug-likeness (QED) is 0.887. The number of benzene rings is 2. The van der Waals surface area contributed by atoms with Crippen LogP contribution in [0.1, 0.15) is 18.5 Å². The van der Waals surface area contributed by atoms with E-state index in [2.05, 4.69) is 10.6 Å². The van der Waals surface area contributed by atoms with E-state index in [1.165, 1.54) is 0 Å². The molecule has 0 unspecified atom stereocenters. The lowest BCUT2D eigenvalue weighted by molar-refractivity contribution is 0.249. The summed E-state index contributed by atoms with van der Waals surface area (Å²) >= 11 is 0. The third-order valence-electron chi connectivity index (χ3n) is 3.29. The average Bonchev–Trinajstić information content (AvgIpc) is 2.55. The number of hydrogen-bond donors (Lipinski definition) is 2. The van der Waals surface area contributed by atoms with Crippen molar-refractivity contribution in [3.8, 4) is 11.5 Å². The number of rotatable bonds is 5. The lowest BCUT2D eigenvalue weighted by Crippen LogP contribution is -2.31. The van der Waals surface area contributed by atoms with Gasteiger partial charge in [-0.1, -0.05) is 18.2 Å². The van der Waals surface area contributed by atoms with E-state index in [9.17, 15) is 4.79 Å². The number of urea groups is 1. The van der Waals surface area contributed by atoms with E-state index in [-0.39, 0.29) is 12.1 Å². The Morgan fingerprint density at radius 1 is 1.00 bits per heavy atom. The van der Waals surface area contributed by atoms with Gasteiger partial charge in [-0.15, -0.1) is 0 Å². The van der Waals surface area contributed by atoms with E-state index in [4.69, 9.17) is 9.47 Å². The summed E-state index contributed by atoms with van der Waals surface area (Å²) in [5, 5.41) is 5.67. The van der Waals surface area contributed by atoms with Gasteiger partial charge in [-0.25, -0.2) is 4.79 Å². The molecule has 2 rings (SSSR count). The van der Waals surface area contributed by atoms with E-state index in [0.29, 0.717) is 11.4 Å². The third-order valence-corrected chi connectivity index (χ3v) is 3.29. The van der Waals surface area contributed by atoms with Crippen molar-refractivity contribution in [2.24, 2.45) is 0 Å². The third kappa shape index (κ3) is 4.15. The monoisotopic (exact) mass is 300 g/mol. The molecular weight excluding hydrogens is 280 g/mol. The largest absolute Gasteiger partial charge is 0.497 e. The Labute approximate surface area is 130 Å². The predicted octanol–water partition coefficient (Wildman–Crippen LogP) is 3.59. The zero-order valence-electron chi connectivity index (χ0n) is 12.9. The van der Waals surface area contributed by atoms with E-state index in [1.54, 1.807) is 26.4 Å². The molecule has 0 heterocycles. The van der Waals surface area contributed by atoms with Gasteiger partial charge < -0.3 is 20.1 Å². The van der Waals surface area contributed by atoms with Crippen LogP contribution in [0.4, 0.5) is 10.5 Å². The molecule has 1 atom stereocenters. The zero-order chi connectivity index (χ0) is 15.9. The van der Waals surface area contributed by atoms with Crippen LogP contribution in [0.25, 0.3) is 0 Å². The number of nitrogens with one attached hydrogen (secondary N) is 2. The molecule has 0 saturated carbocycles. The molecule has 0 radical (unpaired) electrons. The Morgan fingerprint density at radius 2 is 1.68 bits per heavy atom. The van der Waals surface area contributed by atoms with Gasteiger partial charge in [-0.05, 0) is 36.8 Å². The maximum atomic E-state index is 12.0. The van der Waals surface area contributed by atoms with Gasteiger partial charge >= 0.3 is 6.03 Å². The topological polar surface area (TPSA) is 59.6 Å². The molecule has 5 heteroatoms. The second-order valence-corrected chi connectivity index (χ2v) is 4.83. The van der Waals surface area contributed by atoms with E-state index < -0.39 is 0 Å². The summed E-state index contributed by atoms with van der Waals surface area (Å²) in [5.74, 6) is 1.48. The number of amides is 2. The summed E-state index contributed by atoms with van der Waals surface area (Å²) in [5.41, 5.74) is 1.68. The van der Waals surface area contributed by atoms with E-state index in [0.717, 1.165) is 11.3 Å². The molecule has 2 aromatic rings. The summed E-state index contributed by atoms with van der Waals surface area (Å²) < 4.78 is 10.2. The van der Waals surface area contributed by atoms with Crippen LogP contribution in [0.15, 0.2) is 48.5 Å². The highest BCUT2D eigenvalue weighted by Crippen LogP contribution is 2.19. The molecule has 0 fully saturated rings. The molecule has 0 aliphatic heterocycles. The minimum absolute atomic E-state index is 0.114. The van der Waals surface area contributed by atoms with Crippen molar-refractivity contribution < 1.29 is 14.3 Å². The molecule has 0 aliphatic carbocycles. The van der Waals surface area contributed by atoms with Gasteiger partial charge in [0.25, 0.3) is 0 Å². The molecule has 2 N–H and O–H groups in total. The van der Waals surface area contributed by atoms with Crippen molar-refractivity contribution in [3.05, 3.63) is 54.1 Å². The fourth-order valence-electron chi connectivity index (χ4n) is 2.04. The van der Waals surface area contributed by atoms with Crippen LogP contribution in [0.2, 0.25) is 0 Å². The van der Waals surface area contributed by atoms with Crippen molar-refractivity contribution in [2.45, 2.75) is 13.0 Å². The van der Waals surface area contributed by atoms with Gasteiger partial charge in [0.1, 0.15) is 11.5 Å². The molecule has 2 aromatic carbocycles. The fraction of sp³-hybridized carbons (Fsp3) is 0.235. The van der Waals surface area contributed by atoms with Crippen LogP contribution in [0.3, 0.4) is 0 Å². The van der Waals surface area contributed by atoms with Crippen molar-refractivity contribution in [1.82, 2.24) is 5.32 Å². The van der Waals surface area contributed by atoms with Crippen molar-refractivity contribution >= 4 is 11.7 Å². The number of ether oxygens (including phenoxy) is 2. The lowest BCUT2D eigenvalue weighted by Gasteiger charge is -2.15. The maximum absolute atomic E-state index is 12.0. The first-order chi connectivity index (χ1) is 10.6. The Bertz CT molecular complexity index is 626. The standard InChI is InChI=1S/C17H20N2O3/c1-12(13-7-9-15(21-2)10-8-13)18-17(20)19-14-5-4-6-16(11-14)22-3/h4-12H,1-3H3,(H2,18,19,20)/t12-/m1/s1. The van der Waals surface area contributed by atoms with Crippen molar-refractivity contribution in [3.63, 3.8) is 0 Å². The molecular formula is C17H20N2O3. The van der Waals surface area contributed by atoms with Gasteiger partial charge in [-0.3, -0.25) is 0 Å². The summed E-state index contributed by atoms with van der Waals surface area (Å²) in [7, 11) is 3.21. The molecule has 116 valence electrons. The van der Waals surface area contributed by atoms with Crippen LogP contribution in [-0.2, 0) is 0 Å². The van der Waals surface area contributed by atoms with Crippen molar-refractivity contribution in [2.75, 3.05) is 19.5 Å². The average molecular weight is 300 g/mol. The number of methoxy groups -OCH3 is 2. The fourth-order valence-corrected chi connectivity index (χ4v) is 2.04. The smallest absolute Gasteiger partial charge is 0.319 e. The Hall–Kier alpha value is -2.69. The number of hydrogen-bond acceptors (Lipinski definition) is 3. The molecule has 22 heavy (non-hydrogen) atoms. The highest BCUT2D eigenvalue weighted by Gasteiger charge is 2.10. The molecule has 0 saturated heterocycles. The van der Waals surface area contributed by atoms with Gasteiger partial charge in [0.05, 0.1) is 20.3 Å². The van der Waals surface area contributed by atoms with Gasteiger partial charge in [0.2, 0.25) is 0 Å². The minimum Gasteiger partial charge on any atom is -0.497 e. The Morgan fingerprint density at radius 3 is 2.32 bits per heavy atom. The minimum atomic E-state index is -0.267. The van der Waals surface area contributed by atoms with Crippen LogP contribution >= 0.6 is 0 Å². The van der Waals surface area contributed by atoms with Gasteiger partial charge in [-0.2, -0.15) is 0 Å². The molecule has 2 amide bonds. The van der Waals surface area contributed by atoms with Crippen molar-refractivity contribution in [1.29, 1.82) is 0 Å². The van der Waals surface area contributed by atoms with Gasteiger partial charge in [0.15, 0.2) is 0 Å². The first-order valence-corrected chi connectivity index (χ1v) is 6.98. The number of carbonyl (C=O) groups is 1. The first-order valence-electron chi connectivity index (χ1n) is 6.98. The molecule has 5 nitrogen and oxygen atoms in total. The summed E-state index contributed by atoms with van der Waals surface area (Å²) in [4.78, 5) is 12.0. The maximum Gasteiger partial charge on any atom is 0.319 e. The lowest BCUT2D eigenvalue weighted by atomic mass is 10.1. The SMILES string of the molecule is COc1ccc([C@@H](C)NC(=O)Nc2cccc(OC)c2)cc1. The number of anilines is 1. The second-order valence-electron chi connectivity index (χ2n) is 4.83. The highest BCUT2D eigenvalue weighted by atomic mass is 16.5. The number of carbonyl (C=O) groups excluding carboxylic acids is 1. The van der Waals surface area contributed by atoms with Crippen LogP contribution in [0.5, 0.6) is 11.5 Å². The zero-order valence-corrected chi connectivity index (χ0v) is 12.9. The molecule has 0 aromatic heterocycles. The first kappa shape index (κ1) is 15.7.